The lowest BCUT2D eigenvalue weighted by atomic mass is 10.1. The fourth-order valence-corrected chi connectivity index (χ4v) is 1.70. The van der Waals surface area contributed by atoms with Crippen molar-refractivity contribution >= 4 is 5.82 Å². The Morgan fingerprint density at radius 2 is 2.06 bits per heavy atom. The number of nitrogens with one attached hydrogen (secondary N) is 1. The molecule has 1 atom stereocenters. The van der Waals surface area contributed by atoms with Gasteiger partial charge < -0.3 is 5.32 Å². The highest BCUT2D eigenvalue weighted by Gasteiger charge is 2.06. The van der Waals surface area contributed by atoms with E-state index in [0.717, 1.165) is 16.9 Å². The number of anilines is 1. The van der Waals surface area contributed by atoms with E-state index in [1.165, 1.54) is 12.1 Å². The van der Waals surface area contributed by atoms with Crippen molar-refractivity contribution in [3.05, 3.63) is 59.5 Å². The van der Waals surface area contributed by atoms with Crippen molar-refractivity contribution in [2.75, 3.05) is 5.32 Å². The molecule has 0 aliphatic rings. The van der Waals surface area contributed by atoms with Gasteiger partial charge in [0, 0.05) is 6.20 Å². The van der Waals surface area contributed by atoms with Crippen LogP contribution in [0.15, 0.2) is 42.6 Å². The molecular weight excluding hydrogens is 215 g/mol. The second kappa shape index (κ2) is 4.95. The predicted octanol–water partition coefficient (Wildman–Crippen LogP) is 3.70. The average Bonchev–Trinajstić information content (AvgIpc) is 2.29. The average molecular weight is 230 g/mol. The third kappa shape index (κ3) is 3.03. The zero-order valence-corrected chi connectivity index (χ0v) is 9.94. The van der Waals surface area contributed by atoms with E-state index in [-0.39, 0.29) is 11.9 Å². The lowest BCUT2D eigenvalue weighted by molar-refractivity contribution is 0.623. The van der Waals surface area contributed by atoms with E-state index in [0.29, 0.717) is 0 Å². The Bertz CT molecular complexity index is 511. The van der Waals surface area contributed by atoms with E-state index >= 15 is 0 Å². The fraction of sp³-hybridized carbons (Fsp3) is 0.214. The van der Waals surface area contributed by atoms with Crippen molar-refractivity contribution in [2.24, 2.45) is 0 Å². The Labute approximate surface area is 101 Å². The number of aryl methyl sites for hydroxylation is 1. The van der Waals surface area contributed by atoms with Crippen LogP contribution in [0.3, 0.4) is 0 Å². The molecule has 2 aromatic rings. The smallest absolute Gasteiger partial charge is 0.126 e. The molecule has 0 fully saturated rings. The zero-order chi connectivity index (χ0) is 12.3. The third-order valence-corrected chi connectivity index (χ3v) is 2.63. The van der Waals surface area contributed by atoms with Gasteiger partial charge in [0.1, 0.15) is 11.6 Å². The van der Waals surface area contributed by atoms with E-state index < -0.39 is 0 Å². The van der Waals surface area contributed by atoms with Crippen LogP contribution in [-0.4, -0.2) is 4.98 Å². The molecule has 0 saturated carbocycles. The maximum absolute atomic E-state index is 13.1. The van der Waals surface area contributed by atoms with E-state index in [1.807, 2.05) is 32.0 Å². The molecule has 0 amide bonds. The summed E-state index contributed by atoms with van der Waals surface area (Å²) in [6.07, 6.45) is 1.76. The number of pyridine rings is 1. The molecule has 1 heterocycles. The summed E-state index contributed by atoms with van der Waals surface area (Å²) >= 11 is 0. The normalized spacial score (nSPS) is 12.2. The van der Waals surface area contributed by atoms with Crippen molar-refractivity contribution in [2.45, 2.75) is 19.9 Å². The summed E-state index contributed by atoms with van der Waals surface area (Å²) in [4.78, 5) is 4.22. The molecule has 0 bridgehead atoms. The van der Waals surface area contributed by atoms with Gasteiger partial charge in [-0.15, -0.1) is 0 Å². The Kier molecular flexibility index (Phi) is 3.38. The molecule has 1 N–H and O–H groups in total. The maximum atomic E-state index is 13.1. The molecule has 0 saturated heterocycles. The van der Waals surface area contributed by atoms with Gasteiger partial charge in [-0.2, -0.15) is 0 Å². The largest absolute Gasteiger partial charge is 0.364 e. The van der Waals surface area contributed by atoms with Crippen LogP contribution in [0.4, 0.5) is 10.2 Å². The Hall–Kier alpha value is -1.90. The monoisotopic (exact) mass is 230 g/mol. The van der Waals surface area contributed by atoms with E-state index in [2.05, 4.69) is 10.3 Å². The van der Waals surface area contributed by atoms with Crippen LogP contribution >= 0.6 is 0 Å². The molecule has 0 spiro atoms. The Morgan fingerprint density at radius 3 is 2.76 bits per heavy atom. The fourth-order valence-electron chi connectivity index (χ4n) is 1.70. The highest BCUT2D eigenvalue weighted by molar-refractivity contribution is 5.40. The lowest BCUT2D eigenvalue weighted by Crippen LogP contribution is -2.08. The molecule has 0 aliphatic heterocycles. The number of nitrogens with zero attached hydrogens (tertiary/aromatic N) is 1. The first kappa shape index (κ1) is 11.6. The van der Waals surface area contributed by atoms with Crippen molar-refractivity contribution < 1.29 is 4.39 Å². The highest BCUT2D eigenvalue weighted by Crippen LogP contribution is 2.18. The molecule has 1 unspecified atom stereocenters. The van der Waals surface area contributed by atoms with E-state index in [4.69, 9.17) is 0 Å². The van der Waals surface area contributed by atoms with Crippen LogP contribution in [0.5, 0.6) is 0 Å². The third-order valence-electron chi connectivity index (χ3n) is 2.63. The first-order chi connectivity index (χ1) is 8.15. The molecule has 0 radical (unpaired) electrons. The van der Waals surface area contributed by atoms with Crippen LogP contribution < -0.4 is 5.32 Å². The second-order valence-electron chi connectivity index (χ2n) is 4.14. The Balaban J connectivity index is 2.14. The quantitative estimate of drug-likeness (QED) is 0.869. The number of halogens is 1. The lowest BCUT2D eigenvalue weighted by Gasteiger charge is -2.15. The molecule has 2 rings (SSSR count). The molecule has 3 heteroatoms. The van der Waals surface area contributed by atoms with Gasteiger partial charge in [-0.3, -0.25) is 0 Å². The van der Waals surface area contributed by atoms with Crippen LogP contribution in [0.1, 0.15) is 24.1 Å². The molecule has 1 aromatic carbocycles. The number of hydrogen-bond acceptors (Lipinski definition) is 2. The molecule has 2 nitrogen and oxygen atoms in total. The topological polar surface area (TPSA) is 24.9 Å². The van der Waals surface area contributed by atoms with Gasteiger partial charge in [-0.1, -0.05) is 12.1 Å². The molecule has 88 valence electrons. The highest BCUT2D eigenvalue weighted by atomic mass is 19.1. The van der Waals surface area contributed by atoms with Crippen molar-refractivity contribution in [3.63, 3.8) is 0 Å². The molecule has 1 aromatic heterocycles. The van der Waals surface area contributed by atoms with Gasteiger partial charge in [-0.05, 0) is 49.2 Å². The predicted molar refractivity (Wildman–Crippen MR) is 67.4 cm³/mol. The van der Waals surface area contributed by atoms with Crippen molar-refractivity contribution in [1.29, 1.82) is 0 Å². The van der Waals surface area contributed by atoms with Crippen LogP contribution in [0, 0.1) is 12.7 Å². The first-order valence-electron chi connectivity index (χ1n) is 5.60. The van der Waals surface area contributed by atoms with Gasteiger partial charge in [0.2, 0.25) is 0 Å². The summed E-state index contributed by atoms with van der Waals surface area (Å²) in [5.41, 5.74) is 2.06. The second-order valence-corrected chi connectivity index (χ2v) is 4.14. The maximum Gasteiger partial charge on any atom is 0.126 e. The van der Waals surface area contributed by atoms with Crippen LogP contribution in [0.25, 0.3) is 0 Å². The minimum absolute atomic E-state index is 0.0278. The molecule has 17 heavy (non-hydrogen) atoms. The summed E-state index contributed by atoms with van der Waals surface area (Å²) in [6.45, 7) is 4.00. The summed E-state index contributed by atoms with van der Waals surface area (Å²) in [5, 5.41) is 3.25. The van der Waals surface area contributed by atoms with Gasteiger partial charge in [0.15, 0.2) is 0 Å². The number of rotatable bonds is 3. The number of aromatic nitrogens is 1. The molecule has 0 aliphatic carbocycles. The van der Waals surface area contributed by atoms with E-state index in [9.17, 15) is 4.39 Å². The molecular formula is C14H15FN2. The number of hydrogen-bond donors (Lipinski definition) is 1. The summed E-state index contributed by atoms with van der Waals surface area (Å²) in [5.74, 6) is 0.593. The number of benzene rings is 1. The van der Waals surface area contributed by atoms with Gasteiger partial charge in [-0.25, -0.2) is 9.37 Å². The summed E-state index contributed by atoms with van der Waals surface area (Å²) < 4.78 is 13.1. The zero-order valence-electron chi connectivity index (χ0n) is 9.94. The minimum Gasteiger partial charge on any atom is -0.364 e. The van der Waals surface area contributed by atoms with Crippen molar-refractivity contribution in [3.8, 4) is 0 Å². The van der Waals surface area contributed by atoms with Gasteiger partial charge in [0.05, 0.1) is 6.04 Å². The van der Waals surface area contributed by atoms with Crippen LogP contribution in [0.2, 0.25) is 0 Å². The first-order valence-corrected chi connectivity index (χ1v) is 5.60. The van der Waals surface area contributed by atoms with Gasteiger partial charge >= 0.3 is 0 Å². The van der Waals surface area contributed by atoms with E-state index in [1.54, 1.807) is 12.3 Å². The van der Waals surface area contributed by atoms with Gasteiger partial charge in [0.25, 0.3) is 0 Å². The van der Waals surface area contributed by atoms with Crippen LogP contribution in [-0.2, 0) is 0 Å². The SMILES string of the molecule is Cc1ccnc(NC(C)c2cccc(F)c2)c1. The standard InChI is InChI=1S/C14H15FN2/c1-10-6-7-16-14(8-10)17-11(2)12-4-3-5-13(15)9-12/h3-9,11H,1-2H3,(H,16,17). The Morgan fingerprint density at radius 1 is 1.24 bits per heavy atom. The summed E-state index contributed by atoms with van der Waals surface area (Å²) in [6, 6.07) is 10.5. The van der Waals surface area contributed by atoms with Crippen molar-refractivity contribution in [1.82, 2.24) is 4.98 Å². The summed E-state index contributed by atoms with van der Waals surface area (Å²) in [7, 11) is 0. The minimum atomic E-state index is -0.214.